The molecule has 0 aromatic heterocycles. The molecule has 0 bridgehead atoms. The van der Waals surface area contributed by atoms with Crippen LogP contribution in [0.4, 0.5) is 4.39 Å². The fraction of sp³-hybridized carbons (Fsp3) is 0.250. The lowest BCUT2D eigenvalue weighted by Gasteiger charge is -2.24. The van der Waals surface area contributed by atoms with Crippen LogP contribution >= 0.6 is 11.6 Å². The van der Waals surface area contributed by atoms with Crippen molar-refractivity contribution < 1.29 is 9.50 Å². The number of halogens is 2. The first-order chi connectivity index (χ1) is 9.08. The van der Waals surface area contributed by atoms with Gasteiger partial charge < -0.3 is 5.11 Å². The highest BCUT2D eigenvalue weighted by Gasteiger charge is 2.37. The van der Waals surface area contributed by atoms with Crippen molar-refractivity contribution in [3.8, 4) is 0 Å². The smallest absolute Gasteiger partial charge is 0.123 e. The van der Waals surface area contributed by atoms with Crippen LogP contribution in [0.25, 0.3) is 0 Å². The SMILES string of the molecule is OC1(Cc2ccccc2Cl)CCc2cc(F)ccc21. The lowest BCUT2D eigenvalue weighted by molar-refractivity contribution is 0.0390. The van der Waals surface area contributed by atoms with E-state index in [-0.39, 0.29) is 5.82 Å². The molecule has 1 unspecified atom stereocenters. The van der Waals surface area contributed by atoms with Crippen LogP contribution < -0.4 is 0 Å². The molecule has 2 aromatic carbocycles. The number of aryl methyl sites for hydroxylation is 1. The molecule has 1 atom stereocenters. The Morgan fingerprint density at radius 3 is 2.79 bits per heavy atom. The molecule has 0 saturated carbocycles. The number of fused-ring (bicyclic) bond motifs is 1. The molecule has 1 aliphatic carbocycles. The third-order valence-corrected chi connectivity index (χ3v) is 4.19. The Morgan fingerprint density at radius 1 is 1.21 bits per heavy atom. The molecule has 2 aromatic rings. The van der Waals surface area contributed by atoms with Crippen molar-refractivity contribution in [2.45, 2.75) is 24.9 Å². The molecule has 0 spiro atoms. The first-order valence-corrected chi connectivity index (χ1v) is 6.71. The monoisotopic (exact) mass is 276 g/mol. The molecule has 0 amide bonds. The summed E-state index contributed by atoms with van der Waals surface area (Å²) in [4.78, 5) is 0. The van der Waals surface area contributed by atoms with E-state index in [4.69, 9.17) is 11.6 Å². The van der Waals surface area contributed by atoms with Gasteiger partial charge in [0.15, 0.2) is 0 Å². The van der Waals surface area contributed by atoms with Gasteiger partial charge >= 0.3 is 0 Å². The molecule has 0 heterocycles. The van der Waals surface area contributed by atoms with Gasteiger partial charge in [0.2, 0.25) is 0 Å². The summed E-state index contributed by atoms with van der Waals surface area (Å²) < 4.78 is 13.2. The van der Waals surface area contributed by atoms with E-state index in [2.05, 4.69) is 0 Å². The number of benzene rings is 2. The van der Waals surface area contributed by atoms with Crippen LogP contribution in [0, 0.1) is 5.82 Å². The summed E-state index contributed by atoms with van der Waals surface area (Å²) in [5.74, 6) is -0.249. The van der Waals surface area contributed by atoms with Crippen molar-refractivity contribution in [1.82, 2.24) is 0 Å². The standard InChI is InChI=1S/C16H14ClFO/c17-15-4-2-1-3-12(15)10-16(19)8-7-11-9-13(18)5-6-14(11)16/h1-6,9,19H,7-8,10H2. The van der Waals surface area contributed by atoms with Crippen molar-refractivity contribution in [3.63, 3.8) is 0 Å². The highest BCUT2D eigenvalue weighted by molar-refractivity contribution is 6.31. The van der Waals surface area contributed by atoms with Gasteiger partial charge in [0.25, 0.3) is 0 Å². The van der Waals surface area contributed by atoms with Gasteiger partial charge in [0.1, 0.15) is 5.82 Å². The van der Waals surface area contributed by atoms with Crippen molar-refractivity contribution in [2.75, 3.05) is 0 Å². The molecule has 3 heteroatoms. The average molecular weight is 277 g/mol. The van der Waals surface area contributed by atoms with Crippen LogP contribution in [0.1, 0.15) is 23.1 Å². The summed E-state index contributed by atoms with van der Waals surface area (Å²) in [6.45, 7) is 0. The van der Waals surface area contributed by atoms with Crippen molar-refractivity contribution in [3.05, 3.63) is 70.0 Å². The second-order valence-corrected chi connectivity index (χ2v) is 5.51. The first-order valence-electron chi connectivity index (χ1n) is 6.33. The van der Waals surface area contributed by atoms with Crippen LogP contribution in [-0.4, -0.2) is 5.11 Å². The first kappa shape index (κ1) is 12.6. The predicted molar refractivity (Wildman–Crippen MR) is 73.8 cm³/mol. The maximum Gasteiger partial charge on any atom is 0.123 e. The summed E-state index contributed by atoms with van der Waals surface area (Å²) in [5.41, 5.74) is 1.71. The van der Waals surface area contributed by atoms with E-state index in [0.29, 0.717) is 24.3 Å². The predicted octanol–water partition coefficient (Wildman–Crippen LogP) is 3.86. The zero-order valence-electron chi connectivity index (χ0n) is 10.4. The topological polar surface area (TPSA) is 20.2 Å². The van der Waals surface area contributed by atoms with Crippen molar-refractivity contribution in [1.29, 1.82) is 0 Å². The zero-order chi connectivity index (χ0) is 13.5. The third kappa shape index (κ3) is 2.26. The molecule has 0 aliphatic heterocycles. The summed E-state index contributed by atoms with van der Waals surface area (Å²) >= 11 is 6.15. The van der Waals surface area contributed by atoms with Crippen LogP contribution in [0.2, 0.25) is 5.02 Å². The lowest BCUT2D eigenvalue weighted by Crippen LogP contribution is -2.25. The Balaban J connectivity index is 1.97. The summed E-state index contributed by atoms with van der Waals surface area (Å²) in [5, 5.41) is 11.5. The minimum Gasteiger partial charge on any atom is -0.385 e. The van der Waals surface area contributed by atoms with Crippen LogP contribution in [0.15, 0.2) is 42.5 Å². The maximum absolute atomic E-state index is 13.2. The maximum atomic E-state index is 13.2. The van der Waals surface area contributed by atoms with Crippen LogP contribution in [-0.2, 0) is 18.4 Å². The third-order valence-electron chi connectivity index (χ3n) is 3.82. The minimum atomic E-state index is -0.936. The molecule has 1 nitrogen and oxygen atoms in total. The second kappa shape index (κ2) is 4.62. The van der Waals surface area contributed by atoms with Gasteiger partial charge in [-0.1, -0.05) is 35.9 Å². The number of aliphatic hydroxyl groups is 1. The summed E-state index contributed by atoms with van der Waals surface area (Å²) in [7, 11) is 0. The number of hydrogen-bond acceptors (Lipinski definition) is 1. The fourth-order valence-electron chi connectivity index (χ4n) is 2.84. The molecule has 0 saturated heterocycles. The average Bonchev–Trinajstić information content (AvgIpc) is 2.70. The van der Waals surface area contributed by atoms with E-state index in [1.54, 1.807) is 6.07 Å². The molecule has 98 valence electrons. The van der Waals surface area contributed by atoms with Gasteiger partial charge in [0.05, 0.1) is 5.60 Å². The zero-order valence-corrected chi connectivity index (χ0v) is 11.1. The van der Waals surface area contributed by atoms with Crippen molar-refractivity contribution >= 4 is 11.6 Å². The highest BCUT2D eigenvalue weighted by Crippen LogP contribution is 2.40. The highest BCUT2D eigenvalue weighted by atomic mass is 35.5. The Labute approximate surface area is 116 Å². The fourth-order valence-corrected chi connectivity index (χ4v) is 3.04. The van der Waals surface area contributed by atoms with Gasteiger partial charge in [-0.05, 0) is 47.7 Å². The van der Waals surface area contributed by atoms with Gasteiger partial charge in [-0.2, -0.15) is 0 Å². The molecular formula is C16H14ClFO. The van der Waals surface area contributed by atoms with Crippen LogP contribution in [0.3, 0.4) is 0 Å². The lowest BCUT2D eigenvalue weighted by atomic mass is 9.89. The summed E-state index contributed by atoms with van der Waals surface area (Å²) in [6, 6.07) is 12.1. The molecule has 1 aliphatic rings. The summed E-state index contributed by atoms with van der Waals surface area (Å²) in [6.07, 6.45) is 1.77. The Bertz CT molecular complexity index is 626. The molecule has 1 N–H and O–H groups in total. The van der Waals surface area contributed by atoms with Gasteiger partial charge in [-0.15, -0.1) is 0 Å². The number of hydrogen-bond donors (Lipinski definition) is 1. The Hall–Kier alpha value is -1.38. The van der Waals surface area contributed by atoms with Crippen LogP contribution in [0.5, 0.6) is 0 Å². The quantitative estimate of drug-likeness (QED) is 0.883. The Morgan fingerprint density at radius 2 is 2.00 bits per heavy atom. The van der Waals surface area contributed by atoms with Gasteiger partial charge in [-0.3, -0.25) is 0 Å². The van der Waals surface area contributed by atoms with Gasteiger partial charge in [-0.25, -0.2) is 4.39 Å². The molecule has 19 heavy (non-hydrogen) atoms. The normalized spacial score (nSPS) is 21.4. The van der Waals surface area contributed by atoms with E-state index in [1.165, 1.54) is 12.1 Å². The van der Waals surface area contributed by atoms with E-state index < -0.39 is 5.60 Å². The number of rotatable bonds is 2. The molecular weight excluding hydrogens is 263 g/mol. The molecule has 3 rings (SSSR count). The van der Waals surface area contributed by atoms with E-state index in [9.17, 15) is 9.50 Å². The van der Waals surface area contributed by atoms with Crippen molar-refractivity contribution in [2.24, 2.45) is 0 Å². The van der Waals surface area contributed by atoms with E-state index in [0.717, 1.165) is 16.7 Å². The second-order valence-electron chi connectivity index (χ2n) is 5.10. The molecule has 0 radical (unpaired) electrons. The Kier molecular flexibility index (Phi) is 3.08. The molecule has 0 fully saturated rings. The minimum absolute atomic E-state index is 0.249. The van der Waals surface area contributed by atoms with Gasteiger partial charge in [0, 0.05) is 11.4 Å². The van der Waals surface area contributed by atoms with E-state index >= 15 is 0 Å². The largest absolute Gasteiger partial charge is 0.385 e. The van der Waals surface area contributed by atoms with E-state index in [1.807, 2.05) is 24.3 Å².